The van der Waals surface area contributed by atoms with E-state index in [0.29, 0.717) is 6.04 Å². The molecule has 16 heavy (non-hydrogen) atoms. The molecule has 0 radical (unpaired) electrons. The van der Waals surface area contributed by atoms with Crippen molar-refractivity contribution in [1.29, 1.82) is 0 Å². The highest BCUT2D eigenvalue weighted by atomic mass is 16.5. The third kappa shape index (κ3) is 2.47. The van der Waals surface area contributed by atoms with Crippen molar-refractivity contribution >= 4 is 0 Å². The molecule has 0 aromatic heterocycles. The number of hydrogen-bond donors (Lipinski definition) is 1. The number of benzene rings is 1. The van der Waals surface area contributed by atoms with E-state index in [-0.39, 0.29) is 0 Å². The van der Waals surface area contributed by atoms with Gasteiger partial charge in [-0.05, 0) is 30.0 Å². The Morgan fingerprint density at radius 1 is 1.25 bits per heavy atom. The minimum absolute atomic E-state index is 0.702. The molecule has 0 saturated heterocycles. The van der Waals surface area contributed by atoms with Crippen LogP contribution in [0.1, 0.15) is 18.9 Å². The van der Waals surface area contributed by atoms with Gasteiger partial charge in [-0.1, -0.05) is 13.0 Å². The molecular weight excluding hydrogens is 202 g/mol. The Kier molecular flexibility index (Phi) is 3.34. The maximum atomic E-state index is 5.27. The fourth-order valence-corrected chi connectivity index (χ4v) is 1.85. The second kappa shape index (κ2) is 4.74. The van der Waals surface area contributed by atoms with Crippen LogP contribution in [0.15, 0.2) is 18.2 Å². The van der Waals surface area contributed by atoms with Gasteiger partial charge in [0, 0.05) is 12.6 Å². The summed E-state index contributed by atoms with van der Waals surface area (Å²) >= 11 is 0. The summed E-state index contributed by atoms with van der Waals surface area (Å²) in [6.45, 7) is 3.17. The van der Waals surface area contributed by atoms with Gasteiger partial charge in [0.1, 0.15) is 0 Å². The fourth-order valence-electron chi connectivity index (χ4n) is 1.85. The minimum atomic E-state index is 0.702. The predicted octanol–water partition coefficient (Wildman–Crippen LogP) is 2.20. The molecule has 0 spiro atoms. The van der Waals surface area contributed by atoms with Crippen LogP contribution >= 0.6 is 0 Å². The van der Waals surface area contributed by atoms with E-state index in [1.165, 1.54) is 12.0 Å². The van der Waals surface area contributed by atoms with E-state index in [1.807, 2.05) is 12.1 Å². The molecule has 1 aliphatic rings. The Bertz CT molecular complexity index is 365. The molecule has 1 saturated carbocycles. The molecule has 88 valence electrons. The van der Waals surface area contributed by atoms with E-state index in [4.69, 9.17) is 9.47 Å². The topological polar surface area (TPSA) is 30.5 Å². The van der Waals surface area contributed by atoms with Crippen LogP contribution in [0.2, 0.25) is 0 Å². The van der Waals surface area contributed by atoms with Crippen LogP contribution < -0.4 is 14.8 Å². The van der Waals surface area contributed by atoms with Gasteiger partial charge in [-0.25, -0.2) is 0 Å². The number of methoxy groups -OCH3 is 2. The van der Waals surface area contributed by atoms with Crippen molar-refractivity contribution in [3.05, 3.63) is 23.8 Å². The van der Waals surface area contributed by atoms with E-state index in [0.717, 1.165) is 24.0 Å². The number of nitrogens with one attached hydrogen (secondary N) is 1. The molecule has 3 nitrogen and oxygen atoms in total. The maximum Gasteiger partial charge on any atom is 0.161 e. The third-order valence-corrected chi connectivity index (χ3v) is 3.13. The Morgan fingerprint density at radius 2 is 1.94 bits per heavy atom. The van der Waals surface area contributed by atoms with Crippen molar-refractivity contribution in [3.63, 3.8) is 0 Å². The normalized spacial score (nSPS) is 22.9. The van der Waals surface area contributed by atoms with E-state index >= 15 is 0 Å². The third-order valence-electron chi connectivity index (χ3n) is 3.13. The Labute approximate surface area is 96.8 Å². The first-order valence-electron chi connectivity index (χ1n) is 5.69. The van der Waals surface area contributed by atoms with Crippen molar-refractivity contribution in [3.8, 4) is 11.5 Å². The van der Waals surface area contributed by atoms with Gasteiger partial charge in [0.25, 0.3) is 0 Å². The molecule has 1 aromatic rings. The summed E-state index contributed by atoms with van der Waals surface area (Å²) in [5.41, 5.74) is 1.23. The van der Waals surface area contributed by atoms with E-state index < -0.39 is 0 Å². The summed E-state index contributed by atoms with van der Waals surface area (Å²) in [6, 6.07) is 6.75. The zero-order chi connectivity index (χ0) is 11.5. The highest BCUT2D eigenvalue weighted by Gasteiger charge is 2.31. The standard InChI is InChI=1S/C13H19NO2/c1-9-6-11(9)14-8-10-4-5-12(15-2)13(7-10)16-3/h4-5,7,9,11,14H,6,8H2,1-3H3. The number of ether oxygens (including phenoxy) is 2. The first-order valence-corrected chi connectivity index (χ1v) is 5.69. The maximum absolute atomic E-state index is 5.27. The van der Waals surface area contributed by atoms with Gasteiger partial charge in [0.15, 0.2) is 11.5 Å². The van der Waals surface area contributed by atoms with E-state index in [1.54, 1.807) is 14.2 Å². The molecule has 0 heterocycles. The molecule has 1 aliphatic carbocycles. The molecule has 2 rings (SSSR count). The molecule has 2 unspecified atom stereocenters. The average Bonchev–Trinajstić information content (AvgIpc) is 3.02. The van der Waals surface area contributed by atoms with Crippen LogP contribution in [-0.4, -0.2) is 20.3 Å². The van der Waals surface area contributed by atoms with Crippen LogP contribution in [-0.2, 0) is 6.54 Å². The predicted molar refractivity (Wildman–Crippen MR) is 64.0 cm³/mol. The van der Waals surface area contributed by atoms with Crippen LogP contribution in [0.25, 0.3) is 0 Å². The monoisotopic (exact) mass is 221 g/mol. The van der Waals surface area contributed by atoms with Crippen molar-refractivity contribution < 1.29 is 9.47 Å². The van der Waals surface area contributed by atoms with Crippen molar-refractivity contribution in [2.75, 3.05) is 14.2 Å². The quantitative estimate of drug-likeness (QED) is 0.827. The Balaban J connectivity index is 1.98. The lowest BCUT2D eigenvalue weighted by Gasteiger charge is -2.10. The zero-order valence-corrected chi connectivity index (χ0v) is 10.1. The van der Waals surface area contributed by atoms with Gasteiger partial charge in [-0.15, -0.1) is 0 Å². The highest BCUT2D eigenvalue weighted by Crippen LogP contribution is 2.30. The average molecular weight is 221 g/mol. The minimum Gasteiger partial charge on any atom is -0.493 e. The van der Waals surface area contributed by atoms with Gasteiger partial charge in [0.05, 0.1) is 14.2 Å². The summed E-state index contributed by atoms with van der Waals surface area (Å²) in [5.74, 6) is 2.41. The van der Waals surface area contributed by atoms with Gasteiger partial charge in [-0.3, -0.25) is 0 Å². The van der Waals surface area contributed by atoms with E-state index in [9.17, 15) is 0 Å². The lowest BCUT2D eigenvalue weighted by Crippen LogP contribution is -2.16. The van der Waals surface area contributed by atoms with Crippen LogP contribution in [0.3, 0.4) is 0 Å². The second-order valence-electron chi connectivity index (χ2n) is 4.39. The van der Waals surface area contributed by atoms with Crippen LogP contribution in [0.5, 0.6) is 11.5 Å². The summed E-state index contributed by atoms with van der Waals surface area (Å²) in [7, 11) is 3.32. The van der Waals surface area contributed by atoms with Crippen LogP contribution in [0, 0.1) is 5.92 Å². The zero-order valence-electron chi connectivity index (χ0n) is 10.1. The summed E-state index contributed by atoms with van der Waals surface area (Å²) in [5, 5.41) is 3.52. The number of hydrogen-bond acceptors (Lipinski definition) is 3. The number of rotatable bonds is 5. The first-order chi connectivity index (χ1) is 7.74. The van der Waals surface area contributed by atoms with Gasteiger partial charge >= 0.3 is 0 Å². The fraction of sp³-hybridized carbons (Fsp3) is 0.538. The van der Waals surface area contributed by atoms with Gasteiger partial charge in [-0.2, -0.15) is 0 Å². The summed E-state index contributed by atoms with van der Waals surface area (Å²) < 4.78 is 10.5. The smallest absolute Gasteiger partial charge is 0.161 e. The van der Waals surface area contributed by atoms with Crippen molar-refractivity contribution in [2.24, 2.45) is 5.92 Å². The largest absolute Gasteiger partial charge is 0.493 e. The first kappa shape index (κ1) is 11.3. The van der Waals surface area contributed by atoms with Gasteiger partial charge < -0.3 is 14.8 Å². The van der Waals surface area contributed by atoms with Crippen molar-refractivity contribution in [1.82, 2.24) is 5.32 Å². The molecule has 2 atom stereocenters. The molecule has 0 aliphatic heterocycles. The summed E-state index contributed by atoms with van der Waals surface area (Å²) in [6.07, 6.45) is 1.30. The van der Waals surface area contributed by atoms with Crippen LogP contribution in [0.4, 0.5) is 0 Å². The molecular formula is C13H19NO2. The molecule has 3 heteroatoms. The molecule has 1 aromatic carbocycles. The molecule has 1 fully saturated rings. The van der Waals surface area contributed by atoms with Gasteiger partial charge in [0.2, 0.25) is 0 Å². The van der Waals surface area contributed by atoms with Crippen molar-refractivity contribution in [2.45, 2.75) is 25.9 Å². The SMILES string of the molecule is COc1ccc(CNC2CC2C)cc1OC. The lowest BCUT2D eigenvalue weighted by molar-refractivity contribution is 0.354. The summed E-state index contributed by atoms with van der Waals surface area (Å²) in [4.78, 5) is 0. The molecule has 1 N–H and O–H groups in total. The lowest BCUT2D eigenvalue weighted by atomic mass is 10.2. The second-order valence-corrected chi connectivity index (χ2v) is 4.39. The Morgan fingerprint density at radius 3 is 2.50 bits per heavy atom. The molecule has 0 bridgehead atoms. The molecule has 0 amide bonds. The Hall–Kier alpha value is -1.22. The van der Waals surface area contributed by atoms with E-state index in [2.05, 4.69) is 18.3 Å². The highest BCUT2D eigenvalue weighted by molar-refractivity contribution is 5.42.